The van der Waals surface area contributed by atoms with E-state index in [-0.39, 0.29) is 0 Å². The first kappa shape index (κ1) is 13.5. The Bertz CT molecular complexity index is 369. The fourth-order valence-electron chi connectivity index (χ4n) is 2.03. The SMILES string of the molecule is Clc1cc(Br)cc(Cl)c1NCC1CCCCN1. The summed E-state index contributed by atoms with van der Waals surface area (Å²) in [5.74, 6) is 0. The molecule has 1 aliphatic heterocycles. The molecular weight excluding hydrogens is 323 g/mol. The first-order valence-electron chi connectivity index (χ1n) is 5.78. The van der Waals surface area contributed by atoms with Crippen molar-refractivity contribution in [3.05, 3.63) is 26.7 Å². The Morgan fingerprint density at radius 3 is 2.59 bits per heavy atom. The van der Waals surface area contributed by atoms with Crippen molar-refractivity contribution in [2.75, 3.05) is 18.4 Å². The quantitative estimate of drug-likeness (QED) is 0.858. The Morgan fingerprint density at radius 1 is 1.29 bits per heavy atom. The molecule has 1 aliphatic rings. The van der Waals surface area contributed by atoms with Gasteiger partial charge < -0.3 is 10.6 Å². The molecular formula is C12H15BrCl2N2. The van der Waals surface area contributed by atoms with Gasteiger partial charge in [-0.05, 0) is 31.5 Å². The molecule has 1 aromatic rings. The van der Waals surface area contributed by atoms with Crippen LogP contribution in [0.2, 0.25) is 10.0 Å². The third kappa shape index (κ3) is 3.75. The maximum absolute atomic E-state index is 6.16. The molecule has 0 amide bonds. The summed E-state index contributed by atoms with van der Waals surface area (Å²) in [5, 5.41) is 8.12. The molecule has 1 heterocycles. The van der Waals surface area contributed by atoms with E-state index in [1.807, 2.05) is 12.1 Å². The Balaban J connectivity index is 1.98. The van der Waals surface area contributed by atoms with Gasteiger partial charge in [-0.25, -0.2) is 0 Å². The molecule has 1 saturated heterocycles. The van der Waals surface area contributed by atoms with Crippen molar-refractivity contribution in [3.8, 4) is 0 Å². The van der Waals surface area contributed by atoms with E-state index >= 15 is 0 Å². The van der Waals surface area contributed by atoms with Gasteiger partial charge in [0.15, 0.2) is 0 Å². The van der Waals surface area contributed by atoms with Gasteiger partial charge in [0.1, 0.15) is 0 Å². The zero-order chi connectivity index (χ0) is 12.3. The summed E-state index contributed by atoms with van der Waals surface area (Å²) in [6.07, 6.45) is 3.77. The average Bonchev–Trinajstić information content (AvgIpc) is 2.29. The zero-order valence-corrected chi connectivity index (χ0v) is 12.5. The summed E-state index contributed by atoms with van der Waals surface area (Å²) < 4.78 is 0.897. The Hall–Kier alpha value is 0.0400. The van der Waals surface area contributed by atoms with Gasteiger partial charge in [-0.15, -0.1) is 0 Å². The molecule has 17 heavy (non-hydrogen) atoms. The van der Waals surface area contributed by atoms with Crippen molar-refractivity contribution >= 4 is 44.8 Å². The second-order valence-electron chi connectivity index (χ2n) is 4.27. The normalized spacial score (nSPS) is 20.3. The van der Waals surface area contributed by atoms with Crippen molar-refractivity contribution in [1.82, 2.24) is 5.32 Å². The van der Waals surface area contributed by atoms with Gasteiger partial charge in [0.2, 0.25) is 0 Å². The van der Waals surface area contributed by atoms with Gasteiger partial charge in [-0.2, -0.15) is 0 Å². The highest BCUT2D eigenvalue weighted by atomic mass is 79.9. The number of anilines is 1. The maximum Gasteiger partial charge on any atom is 0.0720 e. The lowest BCUT2D eigenvalue weighted by Gasteiger charge is -2.24. The molecule has 1 aromatic carbocycles. The largest absolute Gasteiger partial charge is 0.381 e. The van der Waals surface area contributed by atoms with Crippen LogP contribution in [-0.2, 0) is 0 Å². The molecule has 0 radical (unpaired) electrons. The van der Waals surface area contributed by atoms with Crippen LogP contribution in [0.5, 0.6) is 0 Å². The predicted octanol–water partition coefficient (Wildman–Crippen LogP) is 4.31. The molecule has 5 heteroatoms. The van der Waals surface area contributed by atoms with Crippen LogP contribution in [0.3, 0.4) is 0 Å². The predicted molar refractivity (Wildman–Crippen MR) is 78.3 cm³/mol. The summed E-state index contributed by atoms with van der Waals surface area (Å²) in [7, 11) is 0. The van der Waals surface area contributed by atoms with E-state index in [0.29, 0.717) is 16.1 Å². The third-order valence-corrected chi connectivity index (χ3v) is 4.00. The van der Waals surface area contributed by atoms with Gasteiger partial charge in [0, 0.05) is 17.1 Å². The monoisotopic (exact) mass is 336 g/mol. The molecule has 2 N–H and O–H groups in total. The minimum absolute atomic E-state index is 0.513. The molecule has 1 unspecified atom stereocenters. The lowest BCUT2D eigenvalue weighted by molar-refractivity contribution is 0.414. The molecule has 2 nitrogen and oxygen atoms in total. The fourth-order valence-corrected chi connectivity index (χ4v) is 3.38. The Morgan fingerprint density at radius 2 is 2.00 bits per heavy atom. The number of benzene rings is 1. The Kier molecular flexibility index (Phi) is 4.97. The molecule has 1 atom stereocenters. The van der Waals surface area contributed by atoms with E-state index in [1.165, 1.54) is 19.3 Å². The van der Waals surface area contributed by atoms with E-state index in [4.69, 9.17) is 23.2 Å². The highest BCUT2D eigenvalue weighted by Gasteiger charge is 2.14. The van der Waals surface area contributed by atoms with Crippen LogP contribution in [-0.4, -0.2) is 19.1 Å². The molecule has 0 aliphatic carbocycles. The average molecular weight is 338 g/mol. The van der Waals surface area contributed by atoms with Crippen LogP contribution in [0.15, 0.2) is 16.6 Å². The molecule has 0 bridgehead atoms. The number of hydrogen-bond acceptors (Lipinski definition) is 2. The summed E-state index contributed by atoms with van der Waals surface area (Å²) in [6, 6.07) is 4.22. The number of hydrogen-bond donors (Lipinski definition) is 2. The van der Waals surface area contributed by atoms with Crippen molar-refractivity contribution in [2.45, 2.75) is 25.3 Å². The first-order valence-corrected chi connectivity index (χ1v) is 7.33. The van der Waals surface area contributed by atoms with Gasteiger partial charge in [-0.3, -0.25) is 0 Å². The van der Waals surface area contributed by atoms with Crippen molar-refractivity contribution in [3.63, 3.8) is 0 Å². The minimum Gasteiger partial charge on any atom is -0.381 e. The van der Waals surface area contributed by atoms with Crippen molar-refractivity contribution in [2.24, 2.45) is 0 Å². The van der Waals surface area contributed by atoms with Gasteiger partial charge in [0.25, 0.3) is 0 Å². The molecule has 0 saturated carbocycles. The Labute approximate surface area is 120 Å². The van der Waals surface area contributed by atoms with Crippen LogP contribution < -0.4 is 10.6 Å². The topological polar surface area (TPSA) is 24.1 Å². The van der Waals surface area contributed by atoms with Crippen molar-refractivity contribution < 1.29 is 0 Å². The number of piperidine rings is 1. The van der Waals surface area contributed by atoms with Crippen LogP contribution in [0.25, 0.3) is 0 Å². The molecule has 2 rings (SSSR count). The van der Waals surface area contributed by atoms with Gasteiger partial charge >= 0.3 is 0 Å². The van der Waals surface area contributed by atoms with Crippen LogP contribution >= 0.6 is 39.1 Å². The standard InChI is InChI=1S/C12H15BrCl2N2/c13-8-5-10(14)12(11(15)6-8)17-7-9-3-1-2-4-16-9/h5-6,9,16-17H,1-4,7H2. The molecule has 0 aromatic heterocycles. The molecule has 1 fully saturated rings. The minimum atomic E-state index is 0.513. The van der Waals surface area contributed by atoms with Crippen LogP contribution in [0.1, 0.15) is 19.3 Å². The summed E-state index contributed by atoms with van der Waals surface area (Å²) in [4.78, 5) is 0. The summed E-state index contributed by atoms with van der Waals surface area (Å²) in [5.41, 5.74) is 0.823. The lowest BCUT2D eigenvalue weighted by Crippen LogP contribution is -2.39. The van der Waals surface area contributed by atoms with Crippen molar-refractivity contribution in [1.29, 1.82) is 0 Å². The second kappa shape index (κ2) is 6.28. The number of halogens is 3. The summed E-state index contributed by atoms with van der Waals surface area (Å²) in [6.45, 7) is 1.97. The highest BCUT2D eigenvalue weighted by molar-refractivity contribution is 9.10. The lowest BCUT2D eigenvalue weighted by atomic mass is 10.1. The second-order valence-corrected chi connectivity index (χ2v) is 6.00. The third-order valence-electron chi connectivity index (χ3n) is 2.94. The number of rotatable bonds is 3. The van der Waals surface area contributed by atoms with Crippen LogP contribution in [0, 0.1) is 0 Å². The fraction of sp³-hybridized carbons (Fsp3) is 0.500. The smallest absolute Gasteiger partial charge is 0.0720 e. The van der Waals surface area contributed by atoms with E-state index < -0.39 is 0 Å². The van der Waals surface area contributed by atoms with E-state index in [1.54, 1.807) is 0 Å². The summed E-state index contributed by atoms with van der Waals surface area (Å²) >= 11 is 15.7. The highest BCUT2D eigenvalue weighted by Crippen LogP contribution is 2.33. The molecule has 0 spiro atoms. The van der Waals surface area contributed by atoms with E-state index in [0.717, 1.165) is 23.2 Å². The van der Waals surface area contributed by atoms with Crippen LogP contribution in [0.4, 0.5) is 5.69 Å². The maximum atomic E-state index is 6.16. The van der Waals surface area contributed by atoms with Gasteiger partial charge in [-0.1, -0.05) is 45.6 Å². The van der Waals surface area contributed by atoms with Gasteiger partial charge in [0.05, 0.1) is 15.7 Å². The number of nitrogens with one attached hydrogen (secondary N) is 2. The van der Waals surface area contributed by atoms with E-state index in [9.17, 15) is 0 Å². The zero-order valence-electron chi connectivity index (χ0n) is 9.40. The first-order chi connectivity index (χ1) is 8.16. The van der Waals surface area contributed by atoms with E-state index in [2.05, 4.69) is 26.6 Å². The molecule has 94 valence electrons.